The summed E-state index contributed by atoms with van der Waals surface area (Å²) >= 11 is 0. The van der Waals surface area contributed by atoms with E-state index in [-0.39, 0.29) is 24.5 Å². The average molecular weight is 386 g/mol. The number of nitrogens with zero attached hydrogens (tertiary/aromatic N) is 3. The summed E-state index contributed by atoms with van der Waals surface area (Å²) in [7, 11) is 0. The van der Waals surface area contributed by atoms with E-state index in [1.54, 1.807) is 13.8 Å². The lowest BCUT2D eigenvalue weighted by Gasteiger charge is -2.35. The van der Waals surface area contributed by atoms with Crippen molar-refractivity contribution in [3.05, 3.63) is 47.0 Å². The van der Waals surface area contributed by atoms with Gasteiger partial charge in [-0.05, 0) is 64.2 Å². The molecule has 152 valence electrons. The van der Waals surface area contributed by atoms with E-state index in [1.807, 2.05) is 35.8 Å². The van der Waals surface area contributed by atoms with Crippen molar-refractivity contribution in [1.29, 1.82) is 0 Å². The molecule has 1 fully saturated rings. The largest absolute Gasteiger partial charge is 0.390 e. The van der Waals surface area contributed by atoms with E-state index in [2.05, 4.69) is 15.5 Å². The third-order valence-electron chi connectivity index (χ3n) is 5.37. The molecule has 1 saturated carbocycles. The van der Waals surface area contributed by atoms with Crippen molar-refractivity contribution in [2.24, 2.45) is 0 Å². The number of aliphatic hydroxyl groups is 2. The van der Waals surface area contributed by atoms with Gasteiger partial charge in [0.25, 0.3) is 5.91 Å². The second-order valence-corrected chi connectivity index (χ2v) is 8.23. The minimum Gasteiger partial charge on any atom is -0.390 e. The van der Waals surface area contributed by atoms with Crippen molar-refractivity contribution in [2.45, 2.75) is 77.2 Å². The molecule has 0 saturated heterocycles. The van der Waals surface area contributed by atoms with Crippen molar-refractivity contribution in [3.8, 4) is 0 Å². The van der Waals surface area contributed by atoms with Gasteiger partial charge in [0.2, 0.25) is 0 Å². The molecule has 1 amide bonds. The normalized spacial score (nSPS) is 19.3. The summed E-state index contributed by atoms with van der Waals surface area (Å²) in [4.78, 5) is 12.6. The number of aryl methyl sites for hydroxylation is 1. The number of carbonyl (C=O) groups excluding carboxylic acids is 1. The molecular weight excluding hydrogens is 356 g/mol. The van der Waals surface area contributed by atoms with E-state index < -0.39 is 5.60 Å². The van der Waals surface area contributed by atoms with E-state index in [0.717, 1.165) is 37.2 Å². The van der Waals surface area contributed by atoms with Crippen LogP contribution in [0.3, 0.4) is 0 Å². The molecule has 1 aliphatic carbocycles. The standard InChI is InChI=1S/C21H30N4O3/c1-4-25-18(13-26)23-24-19(25)16-11-17(12-16)22-20(27)15-7-5-6-14(10-15)8-9-21(2,3)28/h5-7,10,16-17,26,28H,4,8-9,11-13H2,1-3H3,(H,22,27). The molecule has 2 aromatic rings. The van der Waals surface area contributed by atoms with Gasteiger partial charge in [-0.2, -0.15) is 0 Å². The average Bonchev–Trinajstić information content (AvgIpc) is 3.04. The lowest BCUT2D eigenvalue weighted by atomic mass is 9.79. The zero-order chi connectivity index (χ0) is 20.3. The van der Waals surface area contributed by atoms with Gasteiger partial charge in [-0.1, -0.05) is 12.1 Å². The number of hydrogen-bond donors (Lipinski definition) is 3. The lowest BCUT2D eigenvalue weighted by molar-refractivity contribution is 0.0714. The van der Waals surface area contributed by atoms with Crippen molar-refractivity contribution >= 4 is 5.91 Å². The fourth-order valence-corrected chi connectivity index (χ4v) is 3.65. The van der Waals surface area contributed by atoms with Crippen LogP contribution in [-0.4, -0.2) is 42.5 Å². The Morgan fingerprint density at radius 1 is 1.32 bits per heavy atom. The Hall–Kier alpha value is -2.25. The monoisotopic (exact) mass is 386 g/mol. The zero-order valence-electron chi connectivity index (χ0n) is 16.9. The van der Waals surface area contributed by atoms with Crippen molar-refractivity contribution < 1.29 is 15.0 Å². The predicted octanol–water partition coefficient (Wildman–Crippen LogP) is 2.17. The van der Waals surface area contributed by atoms with Crippen LogP contribution < -0.4 is 5.32 Å². The Bertz CT molecular complexity index is 819. The van der Waals surface area contributed by atoms with Crippen LogP contribution in [-0.2, 0) is 19.6 Å². The fourth-order valence-electron chi connectivity index (χ4n) is 3.65. The number of benzene rings is 1. The summed E-state index contributed by atoms with van der Waals surface area (Å²) in [5.74, 6) is 1.68. The SMILES string of the molecule is CCn1c(CO)nnc1C1CC(NC(=O)c2cccc(CCC(C)(C)O)c2)C1. The first-order valence-corrected chi connectivity index (χ1v) is 9.95. The number of amides is 1. The Labute approximate surface area is 165 Å². The second kappa shape index (κ2) is 8.41. The van der Waals surface area contributed by atoms with Gasteiger partial charge in [-0.3, -0.25) is 4.79 Å². The molecular formula is C21H30N4O3. The molecule has 0 atom stereocenters. The molecule has 1 heterocycles. The first kappa shape index (κ1) is 20.5. The van der Waals surface area contributed by atoms with Gasteiger partial charge in [0, 0.05) is 24.1 Å². The summed E-state index contributed by atoms with van der Waals surface area (Å²) in [6.07, 6.45) is 3.04. The molecule has 0 aliphatic heterocycles. The lowest BCUT2D eigenvalue weighted by Crippen LogP contribution is -2.44. The van der Waals surface area contributed by atoms with Crippen LogP contribution in [0.25, 0.3) is 0 Å². The maximum Gasteiger partial charge on any atom is 0.251 e. The third kappa shape index (κ3) is 4.77. The van der Waals surface area contributed by atoms with Gasteiger partial charge >= 0.3 is 0 Å². The quantitative estimate of drug-likeness (QED) is 0.646. The number of rotatable bonds is 8. The molecule has 0 bridgehead atoms. The molecule has 1 aliphatic rings. The first-order valence-electron chi connectivity index (χ1n) is 9.95. The summed E-state index contributed by atoms with van der Waals surface area (Å²) in [6.45, 7) is 6.20. The highest BCUT2D eigenvalue weighted by Crippen LogP contribution is 2.36. The summed E-state index contributed by atoms with van der Waals surface area (Å²) in [5.41, 5.74) is 0.985. The van der Waals surface area contributed by atoms with Gasteiger partial charge in [0.1, 0.15) is 12.4 Å². The Morgan fingerprint density at radius 3 is 2.71 bits per heavy atom. The van der Waals surface area contributed by atoms with Gasteiger partial charge in [-0.15, -0.1) is 10.2 Å². The van der Waals surface area contributed by atoms with E-state index in [9.17, 15) is 15.0 Å². The maximum absolute atomic E-state index is 12.6. The number of aliphatic hydroxyl groups excluding tert-OH is 1. The topological polar surface area (TPSA) is 100 Å². The van der Waals surface area contributed by atoms with Crippen LogP contribution in [0, 0.1) is 0 Å². The number of aromatic nitrogens is 3. The highest BCUT2D eigenvalue weighted by molar-refractivity contribution is 5.94. The summed E-state index contributed by atoms with van der Waals surface area (Å²) in [5, 5.41) is 30.6. The van der Waals surface area contributed by atoms with Crippen molar-refractivity contribution in [2.75, 3.05) is 0 Å². The number of nitrogens with one attached hydrogen (secondary N) is 1. The van der Waals surface area contributed by atoms with Crippen molar-refractivity contribution in [3.63, 3.8) is 0 Å². The summed E-state index contributed by atoms with van der Waals surface area (Å²) in [6, 6.07) is 7.71. The van der Waals surface area contributed by atoms with Gasteiger partial charge in [0.15, 0.2) is 5.82 Å². The van der Waals surface area contributed by atoms with Gasteiger partial charge in [0.05, 0.1) is 5.60 Å². The summed E-state index contributed by atoms with van der Waals surface area (Å²) < 4.78 is 1.95. The maximum atomic E-state index is 12.6. The van der Waals surface area contributed by atoms with Crippen LogP contribution in [0.5, 0.6) is 0 Å². The highest BCUT2D eigenvalue weighted by atomic mass is 16.3. The molecule has 0 unspecified atom stereocenters. The molecule has 7 heteroatoms. The minimum absolute atomic E-state index is 0.0680. The molecule has 1 aromatic heterocycles. The smallest absolute Gasteiger partial charge is 0.251 e. The molecule has 7 nitrogen and oxygen atoms in total. The van der Waals surface area contributed by atoms with E-state index in [0.29, 0.717) is 17.8 Å². The van der Waals surface area contributed by atoms with Gasteiger partial charge in [-0.25, -0.2) is 0 Å². The fraction of sp³-hybridized carbons (Fsp3) is 0.571. The molecule has 1 aromatic carbocycles. The molecule has 0 spiro atoms. The number of carbonyl (C=O) groups is 1. The Balaban J connectivity index is 1.55. The second-order valence-electron chi connectivity index (χ2n) is 8.23. The molecule has 0 radical (unpaired) electrons. The van der Waals surface area contributed by atoms with Crippen LogP contribution in [0.1, 0.15) is 73.5 Å². The highest BCUT2D eigenvalue weighted by Gasteiger charge is 2.35. The first-order chi connectivity index (χ1) is 13.3. The van der Waals surface area contributed by atoms with Crippen LogP contribution in [0.2, 0.25) is 0 Å². The van der Waals surface area contributed by atoms with E-state index in [1.165, 1.54) is 0 Å². The zero-order valence-corrected chi connectivity index (χ0v) is 16.9. The molecule has 28 heavy (non-hydrogen) atoms. The van der Waals surface area contributed by atoms with Crippen molar-refractivity contribution in [1.82, 2.24) is 20.1 Å². The van der Waals surface area contributed by atoms with E-state index in [4.69, 9.17) is 0 Å². The third-order valence-corrected chi connectivity index (χ3v) is 5.37. The predicted molar refractivity (Wildman–Crippen MR) is 106 cm³/mol. The molecule has 3 rings (SSSR count). The van der Waals surface area contributed by atoms with Crippen LogP contribution >= 0.6 is 0 Å². The van der Waals surface area contributed by atoms with Crippen LogP contribution in [0.15, 0.2) is 24.3 Å². The Kier molecular flexibility index (Phi) is 6.15. The number of hydrogen-bond acceptors (Lipinski definition) is 5. The van der Waals surface area contributed by atoms with Crippen LogP contribution in [0.4, 0.5) is 0 Å². The Morgan fingerprint density at radius 2 is 2.07 bits per heavy atom. The van der Waals surface area contributed by atoms with E-state index >= 15 is 0 Å². The molecule has 3 N–H and O–H groups in total. The van der Waals surface area contributed by atoms with Gasteiger partial charge < -0.3 is 20.1 Å². The minimum atomic E-state index is -0.714.